The summed E-state index contributed by atoms with van der Waals surface area (Å²) in [7, 11) is 0. The number of alkyl halides is 3. The Kier molecular flexibility index (Phi) is 3.10. The van der Waals surface area contributed by atoms with E-state index in [0.717, 1.165) is 17.4 Å². The van der Waals surface area contributed by atoms with Crippen LogP contribution in [0.2, 0.25) is 5.02 Å². The van der Waals surface area contributed by atoms with Gasteiger partial charge in [0.25, 0.3) is 5.24 Å². The number of hydrogen-bond donors (Lipinski definition) is 0. The molecule has 0 atom stereocenters. The van der Waals surface area contributed by atoms with E-state index in [1.807, 2.05) is 0 Å². The molecule has 7 heteroatoms. The Labute approximate surface area is 108 Å². The van der Waals surface area contributed by atoms with E-state index in [1.54, 1.807) is 0 Å². The van der Waals surface area contributed by atoms with E-state index in [-0.39, 0.29) is 20.0 Å². The number of halogens is 5. The number of hydrogen-bond acceptors (Lipinski definition) is 2. The van der Waals surface area contributed by atoms with Gasteiger partial charge in [-0.1, -0.05) is 17.7 Å². The predicted octanol–water partition coefficient (Wildman–Crippen LogP) is 4.95. The molecule has 1 nitrogen and oxygen atoms in total. The highest BCUT2D eigenvalue weighted by Gasteiger charge is 2.34. The van der Waals surface area contributed by atoms with Crippen LogP contribution in [0.5, 0.6) is 0 Å². The molecule has 90 valence electrons. The summed E-state index contributed by atoms with van der Waals surface area (Å²) in [4.78, 5) is 10.9. The third-order valence-corrected chi connectivity index (χ3v) is 4.09. The lowest BCUT2D eigenvalue weighted by Gasteiger charge is -2.07. The Morgan fingerprint density at radius 1 is 1.29 bits per heavy atom. The van der Waals surface area contributed by atoms with E-state index in [9.17, 15) is 18.0 Å². The van der Waals surface area contributed by atoms with Crippen molar-refractivity contribution in [3.63, 3.8) is 0 Å². The van der Waals surface area contributed by atoms with Crippen molar-refractivity contribution in [2.75, 3.05) is 0 Å². The van der Waals surface area contributed by atoms with Gasteiger partial charge in [-0.15, -0.1) is 11.3 Å². The molecule has 0 saturated heterocycles. The maximum Gasteiger partial charge on any atom is 0.417 e. The molecule has 0 aliphatic heterocycles. The van der Waals surface area contributed by atoms with E-state index < -0.39 is 17.0 Å². The first kappa shape index (κ1) is 12.7. The quantitative estimate of drug-likeness (QED) is 0.681. The van der Waals surface area contributed by atoms with Crippen LogP contribution in [0, 0.1) is 0 Å². The van der Waals surface area contributed by atoms with Gasteiger partial charge in [0.15, 0.2) is 0 Å². The fourth-order valence-corrected chi connectivity index (χ4v) is 3.15. The van der Waals surface area contributed by atoms with Crippen molar-refractivity contribution in [2.45, 2.75) is 6.18 Å². The van der Waals surface area contributed by atoms with Gasteiger partial charge in [0, 0.05) is 10.1 Å². The second kappa shape index (κ2) is 4.15. The van der Waals surface area contributed by atoms with Crippen molar-refractivity contribution in [1.29, 1.82) is 0 Å². The van der Waals surface area contributed by atoms with E-state index in [4.69, 9.17) is 23.2 Å². The van der Waals surface area contributed by atoms with Crippen LogP contribution in [0.3, 0.4) is 0 Å². The molecule has 1 heterocycles. The monoisotopic (exact) mass is 298 g/mol. The zero-order valence-electron chi connectivity index (χ0n) is 7.94. The van der Waals surface area contributed by atoms with Gasteiger partial charge in [-0.05, 0) is 23.7 Å². The smallest absolute Gasteiger partial charge is 0.275 e. The summed E-state index contributed by atoms with van der Waals surface area (Å²) in [6.07, 6.45) is -4.52. The topological polar surface area (TPSA) is 17.1 Å². The Bertz CT molecular complexity index is 603. The number of carbonyl (C=O) groups is 1. The van der Waals surface area contributed by atoms with Gasteiger partial charge in [0.1, 0.15) is 4.88 Å². The van der Waals surface area contributed by atoms with Crippen LogP contribution in [-0.4, -0.2) is 5.24 Å². The molecular weight excluding hydrogens is 296 g/mol. The van der Waals surface area contributed by atoms with Gasteiger partial charge in [0.05, 0.1) is 10.6 Å². The molecule has 0 N–H and O–H groups in total. The maximum absolute atomic E-state index is 12.7. The molecular formula is C10H3Cl2F3OS. The second-order valence-corrected chi connectivity index (χ2v) is 4.97. The third-order valence-electron chi connectivity index (χ3n) is 2.14. The molecule has 0 amide bonds. The predicted molar refractivity (Wildman–Crippen MR) is 62.0 cm³/mol. The van der Waals surface area contributed by atoms with Crippen LogP contribution in [0.4, 0.5) is 13.2 Å². The standard InChI is InChI=1S/C10H3Cl2F3OS/c11-7-6-4(10(13,14)15)2-1-3-5(6)17-8(7)9(12)16/h1-3H. The Morgan fingerprint density at radius 2 is 1.94 bits per heavy atom. The van der Waals surface area contributed by atoms with Gasteiger partial charge in [0.2, 0.25) is 0 Å². The average Bonchev–Trinajstić information content (AvgIpc) is 2.55. The summed E-state index contributed by atoms with van der Waals surface area (Å²) < 4.78 is 38.5. The first-order valence-electron chi connectivity index (χ1n) is 4.30. The van der Waals surface area contributed by atoms with Crippen LogP contribution < -0.4 is 0 Å². The van der Waals surface area contributed by atoms with Crippen molar-refractivity contribution < 1.29 is 18.0 Å². The van der Waals surface area contributed by atoms with E-state index in [1.165, 1.54) is 12.1 Å². The zero-order chi connectivity index (χ0) is 12.8. The first-order valence-corrected chi connectivity index (χ1v) is 5.87. The van der Waals surface area contributed by atoms with Crippen molar-refractivity contribution >= 4 is 49.9 Å². The van der Waals surface area contributed by atoms with Gasteiger partial charge < -0.3 is 0 Å². The molecule has 0 bridgehead atoms. The van der Waals surface area contributed by atoms with E-state index in [0.29, 0.717) is 0 Å². The summed E-state index contributed by atoms with van der Waals surface area (Å²) in [5.74, 6) is 0. The SMILES string of the molecule is O=C(Cl)c1sc2cccc(C(F)(F)F)c2c1Cl. The number of benzene rings is 1. The molecule has 0 aliphatic carbocycles. The molecule has 2 rings (SSSR count). The van der Waals surface area contributed by atoms with Crippen LogP contribution in [0.25, 0.3) is 10.1 Å². The lowest BCUT2D eigenvalue weighted by atomic mass is 10.1. The van der Waals surface area contributed by atoms with Crippen LogP contribution in [0.15, 0.2) is 18.2 Å². The highest BCUT2D eigenvalue weighted by molar-refractivity contribution is 7.23. The fraction of sp³-hybridized carbons (Fsp3) is 0.100. The van der Waals surface area contributed by atoms with Crippen LogP contribution >= 0.6 is 34.5 Å². The minimum Gasteiger partial charge on any atom is -0.275 e. The number of carbonyl (C=O) groups excluding carboxylic acids is 1. The van der Waals surface area contributed by atoms with Crippen LogP contribution in [-0.2, 0) is 6.18 Å². The van der Waals surface area contributed by atoms with Gasteiger partial charge in [-0.2, -0.15) is 13.2 Å². The lowest BCUT2D eigenvalue weighted by molar-refractivity contribution is -0.136. The highest BCUT2D eigenvalue weighted by atomic mass is 35.5. The molecule has 1 aromatic carbocycles. The second-order valence-electron chi connectivity index (χ2n) is 3.20. The fourth-order valence-electron chi connectivity index (χ4n) is 1.47. The third kappa shape index (κ3) is 2.14. The Balaban J connectivity index is 2.85. The van der Waals surface area contributed by atoms with Gasteiger partial charge in [-0.25, -0.2) is 0 Å². The van der Waals surface area contributed by atoms with Crippen LogP contribution in [0.1, 0.15) is 15.2 Å². The Morgan fingerprint density at radius 3 is 2.47 bits per heavy atom. The molecule has 0 spiro atoms. The molecule has 0 aliphatic rings. The minimum atomic E-state index is -4.52. The largest absolute Gasteiger partial charge is 0.417 e. The van der Waals surface area contributed by atoms with Crippen molar-refractivity contribution in [3.8, 4) is 0 Å². The summed E-state index contributed by atoms with van der Waals surface area (Å²) in [5.41, 5.74) is -0.861. The van der Waals surface area contributed by atoms with E-state index >= 15 is 0 Å². The zero-order valence-corrected chi connectivity index (χ0v) is 10.3. The number of thiophene rings is 1. The minimum absolute atomic E-state index is 0.0694. The molecule has 17 heavy (non-hydrogen) atoms. The summed E-state index contributed by atoms with van der Waals surface area (Å²) >= 11 is 11.9. The van der Waals surface area contributed by atoms with Gasteiger partial charge >= 0.3 is 6.18 Å². The molecule has 1 aromatic heterocycles. The van der Waals surface area contributed by atoms with Gasteiger partial charge in [-0.3, -0.25) is 4.79 Å². The molecule has 0 radical (unpaired) electrons. The van der Waals surface area contributed by atoms with Crippen molar-refractivity contribution in [1.82, 2.24) is 0 Å². The number of rotatable bonds is 1. The Hall–Kier alpha value is -0.780. The van der Waals surface area contributed by atoms with Crippen molar-refractivity contribution in [3.05, 3.63) is 33.7 Å². The van der Waals surface area contributed by atoms with Crippen molar-refractivity contribution in [2.24, 2.45) is 0 Å². The lowest BCUT2D eigenvalue weighted by Crippen LogP contribution is -2.05. The molecule has 0 unspecified atom stereocenters. The summed E-state index contributed by atoms with van der Waals surface area (Å²) in [6, 6.07) is 3.65. The summed E-state index contributed by atoms with van der Waals surface area (Å²) in [5, 5.41) is -1.27. The molecule has 2 aromatic rings. The maximum atomic E-state index is 12.7. The molecule has 0 fully saturated rings. The normalized spacial score (nSPS) is 12.1. The first-order chi connectivity index (χ1) is 7.82. The van der Waals surface area contributed by atoms with E-state index in [2.05, 4.69) is 0 Å². The number of fused-ring (bicyclic) bond motifs is 1. The highest BCUT2D eigenvalue weighted by Crippen LogP contribution is 2.43. The summed E-state index contributed by atoms with van der Waals surface area (Å²) in [6.45, 7) is 0. The molecule has 0 saturated carbocycles. The average molecular weight is 299 g/mol.